The number of carbonyl (C=O) groups excluding carboxylic acids is 4. The highest BCUT2D eigenvalue weighted by molar-refractivity contribution is 6.18. The minimum atomic E-state index is -2.04. The van der Waals surface area contributed by atoms with Gasteiger partial charge in [0.1, 0.15) is 5.69 Å². The Morgan fingerprint density at radius 1 is 1.11 bits per heavy atom. The van der Waals surface area contributed by atoms with Gasteiger partial charge in [-0.2, -0.15) is 0 Å². The van der Waals surface area contributed by atoms with Crippen LogP contribution in [0.25, 0.3) is 0 Å². The number of benzene rings is 1. The molecule has 1 unspecified atom stereocenters. The van der Waals surface area contributed by atoms with Crippen molar-refractivity contribution in [2.75, 3.05) is 6.61 Å². The number of esters is 1. The monoisotopic (exact) mass is 369 g/mol. The van der Waals surface area contributed by atoms with Gasteiger partial charge in [0.15, 0.2) is 0 Å². The number of aromatic nitrogens is 1. The van der Waals surface area contributed by atoms with Crippen LogP contribution in [0, 0.1) is 0 Å². The van der Waals surface area contributed by atoms with Crippen molar-refractivity contribution in [2.24, 2.45) is 5.73 Å². The van der Waals surface area contributed by atoms with Gasteiger partial charge in [0, 0.05) is 6.20 Å². The molecule has 0 saturated heterocycles. The minimum Gasteiger partial charge on any atom is -0.464 e. The maximum Gasteiger partial charge on any atom is 0.342 e. The molecule has 0 saturated carbocycles. The van der Waals surface area contributed by atoms with Crippen molar-refractivity contribution in [1.29, 1.82) is 0 Å². The van der Waals surface area contributed by atoms with Gasteiger partial charge >= 0.3 is 5.97 Å². The van der Waals surface area contributed by atoms with E-state index in [4.69, 9.17) is 10.5 Å². The Hall–Kier alpha value is -3.42. The predicted octanol–water partition coefficient (Wildman–Crippen LogP) is 0.804. The second kappa shape index (κ2) is 7.06. The molecule has 3 rings (SSSR count). The summed E-state index contributed by atoms with van der Waals surface area (Å²) in [6.45, 7) is 1.56. The van der Waals surface area contributed by atoms with Gasteiger partial charge in [0.2, 0.25) is 11.4 Å². The molecular weight excluding hydrogens is 350 g/mol. The molecule has 1 atom stereocenters. The number of rotatable bonds is 6. The van der Waals surface area contributed by atoms with Crippen LogP contribution in [0.1, 0.15) is 29.4 Å². The topological polar surface area (TPSA) is 112 Å². The molecule has 8 heteroatoms. The minimum absolute atomic E-state index is 0.00978. The summed E-state index contributed by atoms with van der Waals surface area (Å²) in [6.07, 6.45) is 0.801. The molecule has 0 fully saturated rings. The lowest BCUT2D eigenvalue weighted by atomic mass is 9.89. The van der Waals surface area contributed by atoms with Crippen LogP contribution >= 0.6 is 0 Å². The molecule has 8 nitrogen and oxygen atoms in total. The van der Waals surface area contributed by atoms with Crippen molar-refractivity contribution >= 4 is 23.7 Å². The van der Waals surface area contributed by atoms with Crippen molar-refractivity contribution in [3.8, 4) is 0 Å². The first-order valence-corrected chi connectivity index (χ1v) is 8.45. The summed E-state index contributed by atoms with van der Waals surface area (Å²) in [5.74, 6) is -3.17. The highest BCUT2D eigenvalue weighted by atomic mass is 16.5. The third-order valence-corrected chi connectivity index (χ3v) is 4.45. The molecule has 2 aromatic rings. The summed E-state index contributed by atoms with van der Waals surface area (Å²) in [7, 11) is 0. The van der Waals surface area contributed by atoms with E-state index in [-0.39, 0.29) is 18.8 Å². The third-order valence-electron chi connectivity index (χ3n) is 4.45. The van der Waals surface area contributed by atoms with E-state index in [1.165, 1.54) is 22.9 Å². The van der Waals surface area contributed by atoms with Crippen molar-refractivity contribution in [1.82, 2.24) is 9.47 Å². The molecule has 3 amide bonds. The average molecular weight is 369 g/mol. The smallest absolute Gasteiger partial charge is 0.342 e. The first-order valence-electron chi connectivity index (χ1n) is 8.45. The zero-order chi connectivity index (χ0) is 19.6. The molecule has 0 spiro atoms. The van der Waals surface area contributed by atoms with E-state index in [0.717, 1.165) is 4.90 Å². The largest absolute Gasteiger partial charge is 0.464 e. The maximum absolute atomic E-state index is 13.4. The molecule has 2 heterocycles. The van der Waals surface area contributed by atoms with Crippen LogP contribution in [0.3, 0.4) is 0 Å². The third kappa shape index (κ3) is 2.99. The molecule has 1 aliphatic rings. The van der Waals surface area contributed by atoms with E-state index in [1.54, 1.807) is 31.2 Å². The average Bonchev–Trinajstić information content (AvgIpc) is 3.13. The second-order valence-electron chi connectivity index (χ2n) is 6.17. The van der Waals surface area contributed by atoms with Gasteiger partial charge < -0.3 is 15.0 Å². The lowest BCUT2D eigenvalue weighted by Crippen LogP contribution is -2.63. The number of ether oxygens (including phenoxy) is 1. The van der Waals surface area contributed by atoms with E-state index >= 15 is 0 Å². The van der Waals surface area contributed by atoms with Crippen LogP contribution in [0.5, 0.6) is 0 Å². The van der Waals surface area contributed by atoms with E-state index < -0.39 is 35.7 Å². The fourth-order valence-electron chi connectivity index (χ4n) is 3.28. The summed E-state index contributed by atoms with van der Waals surface area (Å²) in [4.78, 5) is 51.7. The first kappa shape index (κ1) is 18.4. The molecule has 1 aliphatic heterocycles. The lowest BCUT2D eigenvalue weighted by Gasteiger charge is -2.40. The van der Waals surface area contributed by atoms with Crippen molar-refractivity contribution in [2.45, 2.75) is 25.4 Å². The molecule has 2 N–H and O–H groups in total. The number of carbonyl (C=O) groups is 4. The standard InChI is InChI=1S/C19H19N3O5/c1-2-27-18(26)19(11-15(20)23)17(25)21(12-13-7-4-3-5-8-13)16(24)14-9-6-10-22(14)19/h3-10H,2,11-12H2,1H3,(H2,20,23). The SMILES string of the molecule is CCOC(=O)C1(CC(N)=O)C(=O)N(Cc2ccccc2)C(=O)c2cccn21. The Kier molecular flexibility index (Phi) is 4.81. The molecule has 27 heavy (non-hydrogen) atoms. The van der Waals surface area contributed by atoms with E-state index in [0.29, 0.717) is 5.56 Å². The van der Waals surface area contributed by atoms with Crippen molar-refractivity contribution < 1.29 is 23.9 Å². The Labute approximate surface area is 155 Å². The van der Waals surface area contributed by atoms with E-state index in [1.807, 2.05) is 6.07 Å². The Bertz CT molecular complexity index is 905. The zero-order valence-electron chi connectivity index (χ0n) is 14.8. The van der Waals surface area contributed by atoms with Crippen LogP contribution in [0.2, 0.25) is 0 Å². The van der Waals surface area contributed by atoms with Gasteiger partial charge in [-0.15, -0.1) is 0 Å². The van der Waals surface area contributed by atoms with Crippen LogP contribution in [-0.2, 0) is 31.2 Å². The summed E-state index contributed by atoms with van der Waals surface area (Å²) >= 11 is 0. The summed E-state index contributed by atoms with van der Waals surface area (Å²) in [5.41, 5.74) is 4.12. The Morgan fingerprint density at radius 2 is 1.81 bits per heavy atom. The van der Waals surface area contributed by atoms with Gasteiger partial charge in [-0.25, -0.2) is 4.79 Å². The van der Waals surface area contributed by atoms with Gasteiger partial charge in [0.25, 0.3) is 11.8 Å². The van der Waals surface area contributed by atoms with Crippen LogP contribution in [0.15, 0.2) is 48.7 Å². The van der Waals surface area contributed by atoms with E-state index in [9.17, 15) is 19.2 Å². The zero-order valence-corrected chi connectivity index (χ0v) is 14.8. The molecule has 0 aliphatic carbocycles. The van der Waals surface area contributed by atoms with Crippen LogP contribution < -0.4 is 5.73 Å². The van der Waals surface area contributed by atoms with Gasteiger partial charge in [-0.3, -0.25) is 19.3 Å². The lowest BCUT2D eigenvalue weighted by molar-refractivity contribution is -0.165. The normalized spacial score (nSPS) is 18.9. The Balaban J connectivity index is 2.15. The fourth-order valence-corrected chi connectivity index (χ4v) is 3.28. The molecule has 1 aromatic carbocycles. The molecule has 0 bridgehead atoms. The number of nitrogens with zero attached hydrogens (tertiary/aromatic N) is 2. The summed E-state index contributed by atoms with van der Waals surface area (Å²) in [5, 5.41) is 0. The number of nitrogens with two attached hydrogens (primary N) is 1. The highest BCUT2D eigenvalue weighted by Crippen LogP contribution is 2.34. The summed E-state index contributed by atoms with van der Waals surface area (Å²) < 4.78 is 6.29. The number of amides is 3. The van der Waals surface area contributed by atoms with Crippen LogP contribution in [-0.4, -0.2) is 39.8 Å². The molecule has 140 valence electrons. The highest BCUT2D eigenvalue weighted by Gasteiger charge is 2.57. The number of primary amides is 1. The first-order chi connectivity index (χ1) is 12.9. The number of fused-ring (bicyclic) bond motifs is 1. The van der Waals surface area contributed by atoms with Crippen LogP contribution in [0.4, 0.5) is 0 Å². The number of hydrogen-bond acceptors (Lipinski definition) is 5. The van der Waals surface area contributed by atoms with Gasteiger partial charge in [-0.1, -0.05) is 30.3 Å². The predicted molar refractivity (Wildman–Crippen MR) is 94.2 cm³/mol. The molecular formula is C19H19N3O5. The summed E-state index contributed by atoms with van der Waals surface area (Å²) in [6, 6.07) is 11.9. The maximum atomic E-state index is 13.4. The quantitative estimate of drug-likeness (QED) is 0.460. The molecule has 0 radical (unpaired) electrons. The Morgan fingerprint density at radius 3 is 2.44 bits per heavy atom. The van der Waals surface area contributed by atoms with Gasteiger partial charge in [0.05, 0.1) is 19.6 Å². The fraction of sp³-hybridized carbons (Fsp3) is 0.263. The van der Waals surface area contributed by atoms with Crippen molar-refractivity contribution in [3.63, 3.8) is 0 Å². The number of imide groups is 1. The molecule has 1 aromatic heterocycles. The van der Waals surface area contributed by atoms with E-state index in [2.05, 4.69) is 0 Å². The van der Waals surface area contributed by atoms with Crippen molar-refractivity contribution in [3.05, 3.63) is 59.9 Å². The second-order valence-corrected chi connectivity index (χ2v) is 6.17. The van der Waals surface area contributed by atoms with Gasteiger partial charge in [-0.05, 0) is 24.6 Å². The number of hydrogen-bond donors (Lipinski definition) is 1.